The van der Waals surface area contributed by atoms with Crippen LogP contribution in [0.15, 0.2) is 11.4 Å². The SMILES string of the molecule is CCN(CCCO)c1csc(C=O)c1. The van der Waals surface area contributed by atoms with E-state index >= 15 is 0 Å². The van der Waals surface area contributed by atoms with Crippen molar-refractivity contribution in [1.82, 2.24) is 0 Å². The highest BCUT2D eigenvalue weighted by Gasteiger charge is 2.06. The van der Waals surface area contributed by atoms with Crippen LogP contribution in [-0.2, 0) is 0 Å². The molecule has 14 heavy (non-hydrogen) atoms. The molecule has 0 aromatic carbocycles. The number of nitrogens with zero attached hydrogens (tertiary/aromatic N) is 1. The second-order valence-corrected chi connectivity index (χ2v) is 3.92. The lowest BCUT2D eigenvalue weighted by Crippen LogP contribution is -2.23. The van der Waals surface area contributed by atoms with Crippen LogP contribution in [0.4, 0.5) is 5.69 Å². The minimum atomic E-state index is 0.209. The summed E-state index contributed by atoms with van der Waals surface area (Å²) in [5.74, 6) is 0. The fourth-order valence-electron chi connectivity index (χ4n) is 1.30. The Morgan fingerprint density at radius 3 is 2.93 bits per heavy atom. The van der Waals surface area contributed by atoms with E-state index in [1.165, 1.54) is 11.3 Å². The Hall–Kier alpha value is -0.870. The monoisotopic (exact) mass is 213 g/mol. The lowest BCUT2D eigenvalue weighted by atomic mass is 10.3. The molecule has 1 heterocycles. The van der Waals surface area contributed by atoms with Crippen LogP contribution in [0.3, 0.4) is 0 Å². The molecule has 0 aliphatic carbocycles. The first-order chi connectivity index (χ1) is 6.81. The molecule has 0 fully saturated rings. The van der Waals surface area contributed by atoms with Crippen LogP contribution in [0.2, 0.25) is 0 Å². The lowest BCUT2D eigenvalue weighted by molar-refractivity contribution is 0.112. The number of thiophene rings is 1. The molecule has 0 unspecified atom stereocenters. The number of aldehydes is 1. The van der Waals surface area contributed by atoms with Crippen molar-refractivity contribution >= 4 is 23.3 Å². The van der Waals surface area contributed by atoms with Crippen LogP contribution >= 0.6 is 11.3 Å². The molecule has 0 aliphatic heterocycles. The number of anilines is 1. The van der Waals surface area contributed by atoms with Gasteiger partial charge in [0.2, 0.25) is 0 Å². The van der Waals surface area contributed by atoms with Crippen molar-refractivity contribution in [3.63, 3.8) is 0 Å². The maximum Gasteiger partial charge on any atom is 0.160 e. The largest absolute Gasteiger partial charge is 0.396 e. The van der Waals surface area contributed by atoms with Gasteiger partial charge in [-0.25, -0.2) is 0 Å². The van der Waals surface area contributed by atoms with Gasteiger partial charge in [-0.1, -0.05) is 0 Å². The molecule has 0 saturated heterocycles. The number of rotatable bonds is 6. The van der Waals surface area contributed by atoms with Crippen LogP contribution in [-0.4, -0.2) is 31.1 Å². The molecular formula is C10H15NO2S. The fraction of sp³-hybridized carbons (Fsp3) is 0.500. The van der Waals surface area contributed by atoms with E-state index in [1.54, 1.807) is 0 Å². The lowest BCUT2D eigenvalue weighted by Gasteiger charge is -2.20. The summed E-state index contributed by atoms with van der Waals surface area (Å²) in [5, 5.41) is 10.7. The molecule has 1 N–H and O–H groups in total. The quantitative estimate of drug-likeness (QED) is 0.732. The third-order valence-electron chi connectivity index (χ3n) is 2.06. The van der Waals surface area contributed by atoms with Crippen LogP contribution in [0.1, 0.15) is 23.0 Å². The van der Waals surface area contributed by atoms with Crippen LogP contribution in [0.5, 0.6) is 0 Å². The molecule has 0 amide bonds. The van der Waals surface area contributed by atoms with Gasteiger partial charge in [-0.3, -0.25) is 4.79 Å². The molecule has 0 saturated carbocycles. The Morgan fingerprint density at radius 1 is 1.64 bits per heavy atom. The maximum atomic E-state index is 10.5. The number of hydrogen-bond acceptors (Lipinski definition) is 4. The van der Waals surface area contributed by atoms with E-state index < -0.39 is 0 Å². The molecule has 3 nitrogen and oxygen atoms in total. The zero-order chi connectivity index (χ0) is 10.4. The van der Waals surface area contributed by atoms with Crippen molar-refractivity contribution in [1.29, 1.82) is 0 Å². The molecule has 0 aliphatic rings. The predicted molar refractivity (Wildman–Crippen MR) is 59.3 cm³/mol. The standard InChI is InChI=1S/C10H15NO2S/c1-2-11(4-3-5-12)9-6-10(7-13)14-8-9/h6-8,12H,2-5H2,1H3. The topological polar surface area (TPSA) is 40.5 Å². The Morgan fingerprint density at radius 2 is 2.43 bits per heavy atom. The molecule has 4 heteroatoms. The number of aliphatic hydroxyl groups is 1. The molecular weight excluding hydrogens is 198 g/mol. The predicted octanol–water partition coefficient (Wildman–Crippen LogP) is 1.77. The fourth-order valence-corrected chi connectivity index (χ4v) is 2.02. The molecule has 0 atom stereocenters. The maximum absolute atomic E-state index is 10.5. The molecule has 1 aromatic rings. The molecule has 1 aromatic heterocycles. The van der Waals surface area contributed by atoms with Gasteiger partial charge in [-0.05, 0) is 19.4 Å². The Bertz CT molecular complexity index is 285. The molecule has 78 valence electrons. The number of hydrogen-bond donors (Lipinski definition) is 1. The third kappa shape index (κ3) is 2.82. The zero-order valence-corrected chi connectivity index (χ0v) is 9.09. The first-order valence-corrected chi connectivity index (χ1v) is 5.59. The first-order valence-electron chi connectivity index (χ1n) is 4.71. The number of carbonyl (C=O) groups excluding carboxylic acids is 1. The zero-order valence-electron chi connectivity index (χ0n) is 8.27. The van der Waals surface area contributed by atoms with E-state index in [9.17, 15) is 4.79 Å². The van der Waals surface area contributed by atoms with E-state index in [2.05, 4.69) is 11.8 Å². The van der Waals surface area contributed by atoms with Gasteiger partial charge in [-0.15, -0.1) is 11.3 Å². The third-order valence-corrected chi connectivity index (χ3v) is 2.90. The van der Waals surface area contributed by atoms with Crippen molar-refractivity contribution in [3.8, 4) is 0 Å². The second kappa shape index (κ2) is 5.78. The Balaban J connectivity index is 2.63. The van der Waals surface area contributed by atoms with E-state index in [0.29, 0.717) is 0 Å². The Kier molecular flexibility index (Phi) is 4.62. The summed E-state index contributed by atoms with van der Waals surface area (Å²) in [6.07, 6.45) is 1.63. The van der Waals surface area contributed by atoms with Gasteiger partial charge in [0.15, 0.2) is 6.29 Å². The van der Waals surface area contributed by atoms with Gasteiger partial charge in [0.05, 0.1) is 4.88 Å². The van der Waals surface area contributed by atoms with Crippen LogP contribution in [0, 0.1) is 0 Å². The summed E-state index contributed by atoms with van der Waals surface area (Å²) in [6, 6.07) is 1.89. The van der Waals surface area contributed by atoms with Crippen molar-refractivity contribution < 1.29 is 9.90 Å². The van der Waals surface area contributed by atoms with Gasteiger partial charge < -0.3 is 10.0 Å². The first kappa shape index (κ1) is 11.2. The molecule has 0 spiro atoms. The molecule has 0 bridgehead atoms. The summed E-state index contributed by atoms with van der Waals surface area (Å²) in [5.41, 5.74) is 1.08. The Labute approximate surface area is 88.0 Å². The summed E-state index contributed by atoms with van der Waals surface area (Å²) < 4.78 is 0. The smallest absolute Gasteiger partial charge is 0.160 e. The van der Waals surface area contributed by atoms with E-state index in [0.717, 1.165) is 36.4 Å². The average Bonchev–Trinajstić information content (AvgIpc) is 2.68. The average molecular weight is 213 g/mol. The summed E-state index contributed by atoms with van der Waals surface area (Å²) in [4.78, 5) is 13.4. The van der Waals surface area contributed by atoms with Gasteiger partial charge in [0.1, 0.15) is 0 Å². The van der Waals surface area contributed by atoms with E-state index in [1.807, 2.05) is 11.4 Å². The second-order valence-electron chi connectivity index (χ2n) is 2.98. The van der Waals surface area contributed by atoms with Crippen molar-refractivity contribution in [2.45, 2.75) is 13.3 Å². The highest BCUT2D eigenvalue weighted by atomic mass is 32.1. The van der Waals surface area contributed by atoms with Gasteiger partial charge in [0, 0.05) is 30.8 Å². The van der Waals surface area contributed by atoms with Gasteiger partial charge >= 0.3 is 0 Å². The van der Waals surface area contributed by atoms with E-state index in [4.69, 9.17) is 5.11 Å². The van der Waals surface area contributed by atoms with E-state index in [-0.39, 0.29) is 6.61 Å². The van der Waals surface area contributed by atoms with Gasteiger partial charge in [-0.2, -0.15) is 0 Å². The van der Waals surface area contributed by atoms with Crippen LogP contribution in [0.25, 0.3) is 0 Å². The number of aliphatic hydroxyl groups excluding tert-OH is 1. The highest BCUT2D eigenvalue weighted by molar-refractivity contribution is 7.12. The highest BCUT2D eigenvalue weighted by Crippen LogP contribution is 2.21. The minimum absolute atomic E-state index is 0.209. The number of carbonyl (C=O) groups is 1. The van der Waals surface area contributed by atoms with Crippen molar-refractivity contribution in [2.75, 3.05) is 24.6 Å². The molecule has 1 rings (SSSR count). The van der Waals surface area contributed by atoms with Crippen molar-refractivity contribution in [3.05, 3.63) is 16.3 Å². The van der Waals surface area contributed by atoms with Crippen molar-refractivity contribution in [2.24, 2.45) is 0 Å². The van der Waals surface area contributed by atoms with Gasteiger partial charge in [0.25, 0.3) is 0 Å². The summed E-state index contributed by atoms with van der Waals surface area (Å²) >= 11 is 1.45. The summed E-state index contributed by atoms with van der Waals surface area (Å²) in [6.45, 7) is 4.01. The normalized spacial score (nSPS) is 10.1. The molecule has 0 radical (unpaired) electrons. The van der Waals surface area contributed by atoms with Crippen LogP contribution < -0.4 is 4.90 Å². The minimum Gasteiger partial charge on any atom is -0.396 e. The summed E-state index contributed by atoms with van der Waals surface area (Å²) in [7, 11) is 0.